The number of hydrogen-bond donors (Lipinski definition) is 1. The van der Waals surface area contributed by atoms with Gasteiger partial charge in [0, 0.05) is 32.2 Å². The van der Waals surface area contributed by atoms with Crippen molar-refractivity contribution in [1.82, 2.24) is 9.21 Å². The quantitative estimate of drug-likeness (QED) is 0.830. The molecule has 110 valence electrons. The Morgan fingerprint density at radius 1 is 1.15 bits per heavy atom. The summed E-state index contributed by atoms with van der Waals surface area (Å²) in [4.78, 5) is 13.4. The highest BCUT2D eigenvalue weighted by atomic mass is 32.2. The van der Waals surface area contributed by atoms with E-state index in [1.165, 1.54) is 4.90 Å². The van der Waals surface area contributed by atoms with Crippen molar-refractivity contribution in [2.75, 3.05) is 26.2 Å². The summed E-state index contributed by atoms with van der Waals surface area (Å²) < 4.78 is 49.6. The lowest BCUT2D eigenvalue weighted by Crippen LogP contribution is -2.52. The Labute approximate surface area is 114 Å². The van der Waals surface area contributed by atoms with Crippen molar-refractivity contribution in [3.8, 4) is 0 Å². The number of benzene rings is 1. The van der Waals surface area contributed by atoms with Crippen molar-refractivity contribution in [2.45, 2.75) is 0 Å². The van der Waals surface area contributed by atoms with Crippen LogP contribution in [0.4, 0.5) is 8.78 Å². The van der Waals surface area contributed by atoms with E-state index in [0.717, 1.165) is 16.4 Å². The van der Waals surface area contributed by atoms with Gasteiger partial charge in [0.2, 0.25) is 0 Å². The third kappa shape index (κ3) is 3.11. The van der Waals surface area contributed by atoms with E-state index < -0.39 is 27.8 Å². The molecular formula is C11H13F2N3O3S. The fourth-order valence-corrected chi connectivity index (χ4v) is 2.65. The van der Waals surface area contributed by atoms with Crippen LogP contribution in [0.2, 0.25) is 0 Å². The zero-order valence-corrected chi connectivity index (χ0v) is 11.2. The number of halogens is 2. The van der Waals surface area contributed by atoms with Crippen molar-refractivity contribution < 1.29 is 22.0 Å². The highest BCUT2D eigenvalue weighted by molar-refractivity contribution is 7.86. The number of hydrogen-bond acceptors (Lipinski definition) is 3. The van der Waals surface area contributed by atoms with Gasteiger partial charge in [0.05, 0.1) is 5.56 Å². The molecular weight excluding hydrogens is 292 g/mol. The molecule has 0 aliphatic carbocycles. The average molecular weight is 305 g/mol. The minimum atomic E-state index is -3.78. The van der Waals surface area contributed by atoms with Crippen LogP contribution in [0.25, 0.3) is 0 Å². The van der Waals surface area contributed by atoms with Crippen LogP contribution in [0, 0.1) is 11.6 Å². The summed E-state index contributed by atoms with van der Waals surface area (Å²) in [5.41, 5.74) is -0.240. The molecule has 20 heavy (non-hydrogen) atoms. The van der Waals surface area contributed by atoms with Gasteiger partial charge in [-0.2, -0.15) is 12.7 Å². The Bertz CT molecular complexity index is 628. The standard InChI is InChI=1S/C11H13F2N3O3S/c12-8-1-2-9(10(13)7-8)11(17)15-3-5-16(6-4-15)20(14,18)19/h1-2,7H,3-6H2,(H2,14,18,19). The predicted octanol–water partition coefficient (Wildman–Crippen LogP) is -0.0739. The first-order valence-electron chi connectivity index (χ1n) is 5.81. The molecule has 6 nitrogen and oxygen atoms in total. The molecule has 1 fully saturated rings. The molecule has 0 atom stereocenters. The van der Waals surface area contributed by atoms with E-state index in [-0.39, 0.29) is 31.7 Å². The van der Waals surface area contributed by atoms with E-state index in [1.807, 2.05) is 0 Å². The molecule has 0 unspecified atom stereocenters. The van der Waals surface area contributed by atoms with Gasteiger partial charge in [-0.3, -0.25) is 4.79 Å². The summed E-state index contributed by atoms with van der Waals surface area (Å²) in [5, 5.41) is 4.98. The first-order valence-corrected chi connectivity index (χ1v) is 7.31. The van der Waals surface area contributed by atoms with Crippen LogP contribution in [-0.2, 0) is 10.2 Å². The lowest BCUT2D eigenvalue weighted by Gasteiger charge is -2.33. The largest absolute Gasteiger partial charge is 0.336 e. The van der Waals surface area contributed by atoms with Crippen molar-refractivity contribution in [3.63, 3.8) is 0 Å². The van der Waals surface area contributed by atoms with Crippen LogP contribution in [0.15, 0.2) is 18.2 Å². The monoisotopic (exact) mass is 305 g/mol. The van der Waals surface area contributed by atoms with Gasteiger partial charge >= 0.3 is 0 Å². The molecule has 1 aliphatic rings. The predicted molar refractivity (Wildman–Crippen MR) is 66.9 cm³/mol. The van der Waals surface area contributed by atoms with Crippen molar-refractivity contribution in [1.29, 1.82) is 0 Å². The second kappa shape index (κ2) is 5.43. The second-order valence-corrected chi connectivity index (χ2v) is 5.91. The third-order valence-corrected chi connectivity index (χ3v) is 4.13. The van der Waals surface area contributed by atoms with E-state index in [9.17, 15) is 22.0 Å². The summed E-state index contributed by atoms with van der Waals surface area (Å²) in [6.07, 6.45) is 0. The van der Waals surface area contributed by atoms with Crippen LogP contribution < -0.4 is 5.14 Å². The van der Waals surface area contributed by atoms with Crippen LogP contribution in [0.5, 0.6) is 0 Å². The first kappa shape index (κ1) is 14.8. The third-order valence-electron chi connectivity index (χ3n) is 3.05. The summed E-state index contributed by atoms with van der Waals surface area (Å²) >= 11 is 0. The minimum Gasteiger partial charge on any atom is -0.336 e. The van der Waals surface area contributed by atoms with Gasteiger partial charge in [-0.1, -0.05) is 0 Å². The molecule has 1 amide bonds. The minimum absolute atomic E-state index is 0.0490. The zero-order chi connectivity index (χ0) is 14.9. The van der Waals surface area contributed by atoms with Crippen LogP contribution in [0.3, 0.4) is 0 Å². The molecule has 1 saturated heterocycles. The Balaban J connectivity index is 2.09. The molecule has 9 heteroatoms. The van der Waals surface area contributed by atoms with E-state index in [2.05, 4.69) is 0 Å². The fraction of sp³-hybridized carbons (Fsp3) is 0.364. The molecule has 0 bridgehead atoms. The van der Waals surface area contributed by atoms with Crippen LogP contribution in [-0.4, -0.2) is 49.7 Å². The lowest BCUT2D eigenvalue weighted by atomic mass is 10.1. The Morgan fingerprint density at radius 3 is 2.25 bits per heavy atom. The van der Waals surface area contributed by atoms with Crippen LogP contribution >= 0.6 is 0 Å². The fourth-order valence-electron chi connectivity index (χ4n) is 1.98. The number of carbonyl (C=O) groups excluding carboxylic acids is 1. The smallest absolute Gasteiger partial charge is 0.277 e. The summed E-state index contributed by atoms with van der Waals surface area (Å²) in [6.45, 7) is 0.304. The van der Waals surface area contributed by atoms with Gasteiger partial charge in [-0.15, -0.1) is 0 Å². The maximum Gasteiger partial charge on any atom is 0.277 e. The number of amides is 1. The number of carbonyl (C=O) groups is 1. The molecule has 2 rings (SSSR count). The molecule has 0 radical (unpaired) electrons. The molecule has 0 aromatic heterocycles. The summed E-state index contributed by atoms with van der Waals surface area (Å²) in [5.74, 6) is -2.31. The van der Waals surface area contributed by atoms with Crippen LogP contribution in [0.1, 0.15) is 10.4 Å². The summed E-state index contributed by atoms with van der Waals surface area (Å²) in [6, 6.07) is 2.70. The average Bonchev–Trinajstić information content (AvgIpc) is 2.37. The van der Waals surface area contributed by atoms with Crippen molar-refractivity contribution in [2.24, 2.45) is 5.14 Å². The van der Waals surface area contributed by atoms with Gasteiger partial charge in [0.25, 0.3) is 16.1 Å². The van der Waals surface area contributed by atoms with Crippen molar-refractivity contribution >= 4 is 16.1 Å². The van der Waals surface area contributed by atoms with Gasteiger partial charge in [0.1, 0.15) is 11.6 Å². The highest BCUT2D eigenvalue weighted by Crippen LogP contribution is 2.14. The highest BCUT2D eigenvalue weighted by Gasteiger charge is 2.28. The number of piperazine rings is 1. The Hall–Kier alpha value is -1.58. The zero-order valence-electron chi connectivity index (χ0n) is 10.4. The lowest BCUT2D eigenvalue weighted by molar-refractivity contribution is 0.0693. The molecule has 1 aromatic carbocycles. The van der Waals surface area contributed by atoms with E-state index >= 15 is 0 Å². The number of nitrogens with two attached hydrogens (primary N) is 1. The van der Waals surface area contributed by atoms with Crippen molar-refractivity contribution in [3.05, 3.63) is 35.4 Å². The van der Waals surface area contributed by atoms with Gasteiger partial charge in [0.15, 0.2) is 0 Å². The SMILES string of the molecule is NS(=O)(=O)N1CCN(C(=O)c2ccc(F)cc2F)CC1. The molecule has 2 N–H and O–H groups in total. The van der Waals surface area contributed by atoms with E-state index in [4.69, 9.17) is 5.14 Å². The topological polar surface area (TPSA) is 83.7 Å². The second-order valence-electron chi connectivity index (χ2n) is 4.36. The molecule has 1 aliphatic heterocycles. The first-order chi connectivity index (χ1) is 9.29. The maximum absolute atomic E-state index is 13.5. The molecule has 0 spiro atoms. The number of nitrogens with zero attached hydrogens (tertiary/aromatic N) is 2. The van der Waals surface area contributed by atoms with E-state index in [0.29, 0.717) is 6.07 Å². The summed E-state index contributed by atoms with van der Waals surface area (Å²) in [7, 11) is -3.78. The Kier molecular flexibility index (Phi) is 4.02. The number of rotatable bonds is 2. The van der Waals surface area contributed by atoms with Gasteiger partial charge < -0.3 is 4.90 Å². The Morgan fingerprint density at radius 2 is 1.75 bits per heavy atom. The molecule has 1 heterocycles. The van der Waals surface area contributed by atoms with Gasteiger partial charge in [-0.05, 0) is 12.1 Å². The molecule has 0 saturated carbocycles. The normalized spacial score (nSPS) is 17.2. The van der Waals surface area contributed by atoms with Gasteiger partial charge in [-0.25, -0.2) is 13.9 Å². The molecule has 1 aromatic rings. The maximum atomic E-state index is 13.5. The van der Waals surface area contributed by atoms with E-state index in [1.54, 1.807) is 0 Å².